The van der Waals surface area contributed by atoms with Gasteiger partial charge >= 0.3 is 5.97 Å². The van der Waals surface area contributed by atoms with Gasteiger partial charge in [-0.3, -0.25) is 9.59 Å². The standard InChI is InChI=1S/C22H23N3O4/c1-16-8-10-18(11-9-16)22-24-23-19(29-22)12-13-21(27)28-15-20(26)25(2)14-17-6-4-3-5-7-17/h3-11H,12-15H2,1-2H3. The largest absolute Gasteiger partial charge is 0.456 e. The minimum Gasteiger partial charge on any atom is -0.456 e. The highest BCUT2D eigenvalue weighted by molar-refractivity contribution is 5.80. The zero-order chi connectivity index (χ0) is 20.6. The van der Waals surface area contributed by atoms with E-state index in [1.54, 1.807) is 7.05 Å². The van der Waals surface area contributed by atoms with Gasteiger partial charge in [0, 0.05) is 25.6 Å². The van der Waals surface area contributed by atoms with Crippen LogP contribution in [0.2, 0.25) is 0 Å². The van der Waals surface area contributed by atoms with Crippen molar-refractivity contribution in [3.05, 3.63) is 71.6 Å². The minimum atomic E-state index is -0.485. The first-order valence-electron chi connectivity index (χ1n) is 9.34. The predicted molar refractivity (Wildman–Crippen MR) is 107 cm³/mol. The van der Waals surface area contributed by atoms with Crippen LogP contribution >= 0.6 is 0 Å². The summed E-state index contributed by atoms with van der Waals surface area (Å²) in [6, 6.07) is 17.3. The highest BCUT2D eigenvalue weighted by Gasteiger charge is 2.14. The summed E-state index contributed by atoms with van der Waals surface area (Å²) < 4.78 is 10.7. The summed E-state index contributed by atoms with van der Waals surface area (Å²) in [7, 11) is 1.67. The number of ether oxygens (including phenoxy) is 1. The molecule has 0 aliphatic carbocycles. The van der Waals surface area contributed by atoms with Crippen LogP contribution in [-0.2, 0) is 27.3 Å². The molecule has 0 unspecified atom stereocenters. The van der Waals surface area contributed by atoms with E-state index in [0.29, 0.717) is 18.3 Å². The molecule has 150 valence electrons. The molecule has 2 aromatic carbocycles. The number of esters is 1. The predicted octanol–water partition coefficient (Wildman–Crippen LogP) is 3.18. The van der Waals surface area contributed by atoms with Crippen molar-refractivity contribution in [3.63, 3.8) is 0 Å². The van der Waals surface area contributed by atoms with Crippen LogP contribution in [-0.4, -0.2) is 40.6 Å². The number of likely N-dealkylation sites (N-methyl/N-ethyl adjacent to an activating group) is 1. The zero-order valence-corrected chi connectivity index (χ0v) is 16.5. The number of carbonyl (C=O) groups excluding carboxylic acids is 2. The van der Waals surface area contributed by atoms with E-state index in [1.807, 2.05) is 61.5 Å². The lowest BCUT2D eigenvalue weighted by Gasteiger charge is -2.17. The number of aryl methyl sites for hydroxylation is 2. The molecule has 0 spiro atoms. The van der Waals surface area contributed by atoms with Crippen LogP contribution in [0.3, 0.4) is 0 Å². The van der Waals surface area contributed by atoms with Crippen LogP contribution < -0.4 is 0 Å². The van der Waals surface area contributed by atoms with Gasteiger partial charge in [-0.1, -0.05) is 48.0 Å². The topological polar surface area (TPSA) is 85.5 Å². The van der Waals surface area contributed by atoms with E-state index in [-0.39, 0.29) is 25.4 Å². The average molecular weight is 393 g/mol. The van der Waals surface area contributed by atoms with E-state index in [2.05, 4.69) is 10.2 Å². The lowest BCUT2D eigenvalue weighted by molar-refractivity contribution is -0.151. The first-order valence-corrected chi connectivity index (χ1v) is 9.34. The second kappa shape index (κ2) is 9.64. The Morgan fingerprint density at radius 2 is 1.76 bits per heavy atom. The van der Waals surface area contributed by atoms with Crippen LogP contribution in [0, 0.1) is 6.92 Å². The maximum atomic E-state index is 12.1. The quantitative estimate of drug-likeness (QED) is 0.547. The number of amides is 1. The Bertz CT molecular complexity index is 952. The lowest BCUT2D eigenvalue weighted by atomic mass is 10.1. The molecule has 1 amide bonds. The van der Waals surface area contributed by atoms with Gasteiger partial charge in [0.1, 0.15) is 0 Å². The number of hydrogen-bond acceptors (Lipinski definition) is 6. The van der Waals surface area contributed by atoms with Gasteiger partial charge in [-0.15, -0.1) is 10.2 Å². The molecule has 0 fully saturated rings. The normalized spacial score (nSPS) is 10.6. The molecule has 1 aromatic heterocycles. The Morgan fingerprint density at radius 3 is 2.48 bits per heavy atom. The number of hydrogen-bond donors (Lipinski definition) is 0. The molecule has 0 aliphatic heterocycles. The fraction of sp³-hybridized carbons (Fsp3) is 0.273. The van der Waals surface area contributed by atoms with Crippen molar-refractivity contribution in [2.75, 3.05) is 13.7 Å². The first-order chi connectivity index (χ1) is 14.0. The number of carbonyl (C=O) groups is 2. The highest BCUT2D eigenvalue weighted by atomic mass is 16.5. The van der Waals surface area contributed by atoms with E-state index in [4.69, 9.17) is 9.15 Å². The van der Waals surface area contributed by atoms with Crippen LogP contribution in [0.1, 0.15) is 23.4 Å². The van der Waals surface area contributed by atoms with Crippen molar-refractivity contribution >= 4 is 11.9 Å². The van der Waals surface area contributed by atoms with Gasteiger partial charge in [-0.25, -0.2) is 0 Å². The highest BCUT2D eigenvalue weighted by Crippen LogP contribution is 2.18. The summed E-state index contributed by atoms with van der Waals surface area (Å²) in [6.45, 7) is 2.17. The van der Waals surface area contributed by atoms with Crippen molar-refractivity contribution in [1.29, 1.82) is 0 Å². The van der Waals surface area contributed by atoms with Gasteiger partial charge in [-0.05, 0) is 24.6 Å². The molecular formula is C22H23N3O4. The van der Waals surface area contributed by atoms with Crippen molar-refractivity contribution in [2.24, 2.45) is 0 Å². The molecule has 0 atom stereocenters. The third-order valence-electron chi connectivity index (χ3n) is 4.35. The Hall–Kier alpha value is -3.48. The zero-order valence-electron chi connectivity index (χ0n) is 16.5. The molecule has 0 saturated carbocycles. The van der Waals surface area contributed by atoms with Crippen molar-refractivity contribution in [1.82, 2.24) is 15.1 Å². The molecule has 29 heavy (non-hydrogen) atoms. The van der Waals surface area contributed by atoms with Gasteiger partial charge in [0.05, 0.1) is 6.42 Å². The van der Waals surface area contributed by atoms with Crippen LogP contribution in [0.15, 0.2) is 59.0 Å². The Balaban J connectivity index is 1.42. The molecule has 0 radical (unpaired) electrons. The van der Waals surface area contributed by atoms with E-state index < -0.39 is 5.97 Å². The summed E-state index contributed by atoms with van der Waals surface area (Å²) in [5.41, 5.74) is 2.97. The lowest BCUT2D eigenvalue weighted by Crippen LogP contribution is -2.30. The average Bonchev–Trinajstić information content (AvgIpc) is 3.20. The smallest absolute Gasteiger partial charge is 0.306 e. The summed E-state index contributed by atoms with van der Waals surface area (Å²) in [5.74, 6) is 0.0133. The maximum absolute atomic E-state index is 12.1. The van der Waals surface area contributed by atoms with Crippen LogP contribution in [0.5, 0.6) is 0 Å². The van der Waals surface area contributed by atoms with E-state index >= 15 is 0 Å². The fourth-order valence-corrected chi connectivity index (χ4v) is 2.65. The van der Waals surface area contributed by atoms with E-state index in [0.717, 1.165) is 16.7 Å². The van der Waals surface area contributed by atoms with Gasteiger partial charge in [0.2, 0.25) is 11.8 Å². The first kappa shape index (κ1) is 20.3. The SMILES string of the molecule is Cc1ccc(-c2nnc(CCC(=O)OCC(=O)N(C)Cc3ccccc3)o2)cc1. The summed E-state index contributed by atoms with van der Waals surface area (Å²) in [6.07, 6.45) is 0.316. The number of nitrogens with zero attached hydrogens (tertiary/aromatic N) is 3. The van der Waals surface area contributed by atoms with Gasteiger partial charge < -0.3 is 14.1 Å². The molecule has 3 aromatic rings. The third kappa shape index (κ3) is 6.00. The Labute approximate surface area is 169 Å². The molecule has 7 heteroatoms. The number of aromatic nitrogens is 2. The van der Waals surface area contributed by atoms with Gasteiger partial charge in [0.25, 0.3) is 5.91 Å². The van der Waals surface area contributed by atoms with Crippen LogP contribution in [0.4, 0.5) is 0 Å². The minimum absolute atomic E-state index is 0.0607. The molecule has 0 saturated heterocycles. The Kier molecular flexibility index (Phi) is 6.73. The van der Waals surface area contributed by atoms with E-state index in [9.17, 15) is 9.59 Å². The number of benzene rings is 2. The summed E-state index contributed by atoms with van der Waals surface area (Å²) in [4.78, 5) is 25.6. The van der Waals surface area contributed by atoms with Gasteiger partial charge in [0.15, 0.2) is 6.61 Å². The molecule has 3 rings (SSSR count). The second-order valence-electron chi connectivity index (χ2n) is 6.76. The molecule has 1 heterocycles. The molecule has 0 bridgehead atoms. The molecule has 0 aliphatic rings. The Morgan fingerprint density at radius 1 is 1.03 bits per heavy atom. The van der Waals surface area contributed by atoms with Crippen molar-refractivity contribution < 1.29 is 18.7 Å². The molecular weight excluding hydrogens is 370 g/mol. The fourth-order valence-electron chi connectivity index (χ4n) is 2.65. The van der Waals surface area contributed by atoms with Crippen molar-refractivity contribution in [3.8, 4) is 11.5 Å². The molecule has 0 N–H and O–H groups in total. The maximum Gasteiger partial charge on any atom is 0.306 e. The van der Waals surface area contributed by atoms with Gasteiger partial charge in [-0.2, -0.15) is 0 Å². The number of rotatable bonds is 8. The van der Waals surface area contributed by atoms with Crippen molar-refractivity contribution in [2.45, 2.75) is 26.3 Å². The van der Waals surface area contributed by atoms with Crippen LogP contribution in [0.25, 0.3) is 11.5 Å². The monoisotopic (exact) mass is 393 g/mol. The summed E-state index contributed by atoms with van der Waals surface area (Å²) in [5, 5.41) is 7.96. The third-order valence-corrected chi connectivity index (χ3v) is 4.35. The van der Waals surface area contributed by atoms with E-state index in [1.165, 1.54) is 4.90 Å². The summed E-state index contributed by atoms with van der Waals surface area (Å²) >= 11 is 0. The second-order valence-corrected chi connectivity index (χ2v) is 6.76. The molecule has 7 nitrogen and oxygen atoms in total.